The second-order valence-corrected chi connectivity index (χ2v) is 6.70. The topological polar surface area (TPSA) is 65.5 Å². The summed E-state index contributed by atoms with van der Waals surface area (Å²) in [6.45, 7) is 1.20. The van der Waals surface area contributed by atoms with Crippen LogP contribution in [0.5, 0.6) is 0 Å². The number of anilines is 3. The molecule has 0 saturated heterocycles. The lowest BCUT2D eigenvalue weighted by molar-refractivity contribution is 0.591. The zero-order chi connectivity index (χ0) is 15.6. The molecule has 9 heteroatoms. The zero-order valence-electron chi connectivity index (χ0n) is 13.1. The van der Waals surface area contributed by atoms with Crippen molar-refractivity contribution in [2.45, 2.75) is 6.42 Å². The fourth-order valence-corrected chi connectivity index (χ4v) is 4.30. The van der Waals surface area contributed by atoms with Gasteiger partial charge in [-0.25, -0.2) is 4.31 Å². The molecule has 1 aliphatic heterocycles. The number of pyridine rings is 1. The quantitative estimate of drug-likeness (QED) is 0.797. The number of nitrogens with one attached hydrogen (secondary N) is 1. The third-order valence-electron chi connectivity index (χ3n) is 3.55. The van der Waals surface area contributed by atoms with Crippen LogP contribution in [0.15, 0.2) is 48.8 Å². The number of para-hydroxylation sites is 1. The van der Waals surface area contributed by atoms with Crippen LogP contribution < -0.4 is 13.9 Å². The first-order valence-electron chi connectivity index (χ1n) is 7.13. The Hall–Kier alpha value is -1.54. The largest absolute Gasteiger partial charge is 0.331 e. The Labute approximate surface area is 154 Å². The van der Waals surface area contributed by atoms with Crippen molar-refractivity contribution in [3.05, 3.63) is 48.8 Å². The molecule has 2 aromatic rings. The van der Waals surface area contributed by atoms with Crippen molar-refractivity contribution in [2.24, 2.45) is 0 Å². The summed E-state index contributed by atoms with van der Waals surface area (Å²) in [6, 6.07) is 10.8. The lowest BCUT2D eigenvalue weighted by Crippen LogP contribution is -2.36. The summed E-state index contributed by atoms with van der Waals surface area (Å²) < 4.78 is 28.7. The Bertz CT molecular complexity index is 759. The van der Waals surface area contributed by atoms with Crippen LogP contribution in [0.4, 0.5) is 17.1 Å². The highest BCUT2D eigenvalue weighted by Gasteiger charge is 2.40. The minimum atomic E-state index is -3.62. The minimum Gasteiger partial charge on any atom is -0.320 e. The molecular weight excluding hydrogens is 371 g/mol. The van der Waals surface area contributed by atoms with Gasteiger partial charge in [0.15, 0.2) is 0 Å². The SMILES string of the molecule is CNCCCN1c2ccncc2N(c2ccccc2)S1(=O)=O.Cl.Cl. The van der Waals surface area contributed by atoms with E-state index in [1.54, 1.807) is 30.6 Å². The Morgan fingerprint density at radius 1 is 1.08 bits per heavy atom. The molecule has 1 aliphatic rings. The van der Waals surface area contributed by atoms with E-state index in [0.717, 1.165) is 13.0 Å². The van der Waals surface area contributed by atoms with Crippen molar-refractivity contribution < 1.29 is 8.42 Å². The number of hydrogen-bond donors (Lipinski definition) is 1. The van der Waals surface area contributed by atoms with Gasteiger partial charge in [0.05, 0.1) is 17.6 Å². The van der Waals surface area contributed by atoms with Gasteiger partial charge >= 0.3 is 10.2 Å². The highest BCUT2D eigenvalue weighted by molar-refractivity contribution is 7.95. The first-order valence-corrected chi connectivity index (χ1v) is 8.52. The molecule has 0 fully saturated rings. The van der Waals surface area contributed by atoms with E-state index >= 15 is 0 Å². The highest BCUT2D eigenvalue weighted by Crippen LogP contribution is 2.44. The van der Waals surface area contributed by atoms with E-state index < -0.39 is 10.2 Å². The van der Waals surface area contributed by atoms with Crippen LogP contribution in [-0.4, -0.2) is 33.5 Å². The number of nitrogens with zero attached hydrogens (tertiary/aromatic N) is 3. The van der Waals surface area contributed by atoms with Gasteiger partial charge in [0.2, 0.25) is 0 Å². The smallest absolute Gasteiger partial charge is 0.320 e. The maximum Gasteiger partial charge on any atom is 0.331 e. The Morgan fingerprint density at radius 3 is 2.46 bits per heavy atom. The van der Waals surface area contributed by atoms with Crippen LogP contribution >= 0.6 is 24.8 Å². The van der Waals surface area contributed by atoms with Crippen molar-refractivity contribution in [3.8, 4) is 0 Å². The first kappa shape index (κ1) is 20.5. The van der Waals surface area contributed by atoms with Gasteiger partial charge in [0.25, 0.3) is 0 Å². The summed E-state index contributed by atoms with van der Waals surface area (Å²) in [7, 11) is -1.77. The average molecular weight is 391 g/mol. The van der Waals surface area contributed by atoms with Gasteiger partial charge in [-0.15, -0.1) is 24.8 Å². The number of halogens is 2. The molecule has 1 aromatic heterocycles. The second kappa shape index (κ2) is 8.53. The van der Waals surface area contributed by atoms with E-state index in [1.807, 2.05) is 25.2 Å². The maximum absolute atomic E-state index is 12.9. The van der Waals surface area contributed by atoms with Crippen LogP contribution in [0.25, 0.3) is 0 Å². The molecule has 3 rings (SSSR count). The fourth-order valence-electron chi connectivity index (χ4n) is 2.56. The predicted molar refractivity (Wildman–Crippen MR) is 102 cm³/mol. The molecule has 0 atom stereocenters. The summed E-state index contributed by atoms with van der Waals surface area (Å²) in [5, 5.41) is 3.04. The third-order valence-corrected chi connectivity index (χ3v) is 5.36. The van der Waals surface area contributed by atoms with Crippen LogP contribution in [0, 0.1) is 0 Å². The van der Waals surface area contributed by atoms with Crippen molar-refractivity contribution in [1.82, 2.24) is 10.3 Å². The molecule has 2 heterocycles. The molecule has 0 unspecified atom stereocenters. The Balaban J connectivity index is 0.00000144. The lowest BCUT2D eigenvalue weighted by Gasteiger charge is -2.21. The van der Waals surface area contributed by atoms with Crippen LogP contribution in [-0.2, 0) is 10.2 Å². The number of hydrogen-bond acceptors (Lipinski definition) is 4. The van der Waals surface area contributed by atoms with E-state index in [9.17, 15) is 8.42 Å². The third kappa shape index (κ3) is 3.59. The molecule has 0 amide bonds. The summed E-state index contributed by atoms with van der Waals surface area (Å²) in [4.78, 5) is 4.08. The minimum absolute atomic E-state index is 0. The molecular formula is C15H20Cl2N4O2S. The molecule has 132 valence electrons. The average Bonchev–Trinajstić information content (AvgIpc) is 2.75. The van der Waals surface area contributed by atoms with E-state index in [1.165, 1.54) is 8.61 Å². The Kier molecular flexibility index (Phi) is 7.28. The van der Waals surface area contributed by atoms with Gasteiger partial charge < -0.3 is 5.32 Å². The van der Waals surface area contributed by atoms with Crippen LogP contribution in [0.2, 0.25) is 0 Å². The lowest BCUT2D eigenvalue weighted by atomic mass is 10.2. The first-order chi connectivity index (χ1) is 10.7. The van der Waals surface area contributed by atoms with Gasteiger partial charge in [-0.1, -0.05) is 18.2 Å². The van der Waals surface area contributed by atoms with E-state index in [2.05, 4.69) is 10.3 Å². The molecule has 0 spiro atoms. The zero-order valence-corrected chi connectivity index (χ0v) is 15.6. The van der Waals surface area contributed by atoms with E-state index in [0.29, 0.717) is 23.6 Å². The fraction of sp³-hybridized carbons (Fsp3) is 0.267. The van der Waals surface area contributed by atoms with Crippen molar-refractivity contribution in [1.29, 1.82) is 0 Å². The summed E-state index contributed by atoms with van der Waals surface area (Å²) in [5.74, 6) is 0. The molecule has 1 aromatic carbocycles. The molecule has 0 saturated carbocycles. The number of fused-ring (bicyclic) bond motifs is 1. The van der Waals surface area contributed by atoms with Gasteiger partial charge in [0.1, 0.15) is 5.69 Å². The van der Waals surface area contributed by atoms with Crippen LogP contribution in [0.1, 0.15) is 6.42 Å². The summed E-state index contributed by atoms with van der Waals surface area (Å²) in [5.41, 5.74) is 1.89. The van der Waals surface area contributed by atoms with E-state index in [4.69, 9.17) is 0 Å². The number of benzene rings is 1. The van der Waals surface area contributed by atoms with Crippen molar-refractivity contribution >= 4 is 52.1 Å². The molecule has 24 heavy (non-hydrogen) atoms. The number of rotatable bonds is 5. The maximum atomic E-state index is 12.9. The molecule has 0 bridgehead atoms. The predicted octanol–water partition coefficient (Wildman–Crippen LogP) is 2.74. The monoisotopic (exact) mass is 390 g/mol. The molecule has 0 radical (unpaired) electrons. The number of aromatic nitrogens is 1. The van der Waals surface area contributed by atoms with Crippen molar-refractivity contribution in [3.63, 3.8) is 0 Å². The molecule has 6 nitrogen and oxygen atoms in total. The molecule has 0 aliphatic carbocycles. The second-order valence-electron chi connectivity index (χ2n) is 5.00. The van der Waals surface area contributed by atoms with Crippen LogP contribution in [0.3, 0.4) is 0 Å². The van der Waals surface area contributed by atoms with Gasteiger partial charge in [-0.05, 0) is 38.2 Å². The Morgan fingerprint density at radius 2 is 1.79 bits per heavy atom. The van der Waals surface area contributed by atoms with Gasteiger partial charge in [-0.3, -0.25) is 9.29 Å². The normalized spacial score (nSPS) is 14.5. The van der Waals surface area contributed by atoms with Gasteiger partial charge in [-0.2, -0.15) is 8.42 Å². The standard InChI is InChI=1S/C15H18N4O2S.2ClH/c1-16-9-5-11-18-14-8-10-17-12-15(14)19(22(18,20)21)13-6-3-2-4-7-13;;/h2-4,6-8,10,12,16H,5,9,11H2,1H3;2*1H. The van der Waals surface area contributed by atoms with Gasteiger partial charge in [0, 0.05) is 12.7 Å². The molecule has 1 N–H and O–H groups in total. The summed E-state index contributed by atoms with van der Waals surface area (Å²) >= 11 is 0. The van der Waals surface area contributed by atoms with E-state index in [-0.39, 0.29) is 24.8 Å². The highest BCUT2D eigenvalue weighted by atomic mass is 35.5. The summed E-state index contributed by atoms with van der Waals surface area (Å²) in [6.07, 6.45) is 3.95. The van der Waals surface area contributed by atoms with Crippen molar-refractivity contribution in [2.75, 3.05) is 28.7 Å².